The third-order valence-corrected chi connectivity index (χ3v) is 6.60. The minimum atomic E-state index is -0.627. The Morgan fingerprint density at radius 3 is 2.39 bits per heavy atom. The molecule has 0 aliphatic carbocycles. The van der Waals surface area contributed by atoms with E-state index in [0.717, 1.165) is 11.1 Å². The van der Waals surface area contributed by atoms with Crippen molar-refractivity contribution in [3.8, 4) is 11.5 Å². The van der Waals surface area contributed by atoms with Gasteiger partial charge in [-0.2, -0.15) is 0 Å². The second-order valence-corrected chi connectivity index (χ2v) is 9.48. The molecule has 3 aromatic carbocycles. The molecule has 0 saturated carbocycles. The molecule has 6 nitrogen and oxygen atoms in total. The lowest BCUT2D eigenvalue weighted by atomic mass is 10.1. The molecule has 1 aliphatic heterocycles. The summed E-state index contributed by atoms with van der Waals surface area (Å²) in [5, 5.41) is 3.85. The standard InChI is InChI=1S/C26H19Cl3N2O4S/c1-14-3-8-18(12-20(14)28)31-25(33)19(24(32)30-26(31)36)9-16-10-21(29)23(22(11-16)34-2)35-13-15-4-6-17(27)7-5-15/h3-12H,13H2,1-2H3,(H,30,32,36)/b19-9+. The Labute approximate surface area is 228 Å². The molecule has 0 radical (unpaired) electrons. The minimum Gasteiger partial charge on any atom is -0.493 e. The Kier molecular flexibility index (Phi) is 7.85. The minimum absolute atomic E-state index is 0.0383. The monoisotopic (exact) mass is 560 g/mol. The molecular formula is C26H19Cl3N2O4S. The summed E-state index contributed by atoms with van der Waals surface area (Å²) in [4.78, 5) is 27.2. The maximum Gasteiger partial charge on any atom is 0.270 e. The number of thiocarbonyl (C=S) groups is 1. The Balaban J connectivity index is 1.64. The van der Waals surface area contributed by atoms with Crippen LogP contribution in [0.1, 0.15) is 16.7 Å². The van der Waals surface area contributed by atoms with Gasteiger partial charge in [0.05, 0.1) is 17.8 Å². The lowest BCUT2D eigenvalue weighted by Crippen LogP contribution is -2.54. The molecule has 36 heavy (non-hydrogen) atoms. The highest BCUT2D eigenvalue weighted by Crippen LogP contribution is 2.38. The van der Waals surface area contributed by atoms with Gasteiger partial charge in [-0.15, -0.1) is 0 Å². The zero-order chi connectivity index (χ0) is 26.0. The number of aryl methyl sites for hydroxylation is 1. The second kappa shape index (κ2) is 10.9. The highest BCUT2D eigenvalue weighted by molar-refractivity contribution is 7.80. The summed E-state index contributed by atoms with van der Waals surface area (Å²) >= 11 is 23.9. The Morgan fingerprint density at radius 2 is 1.72 bits per heavy atom. The van der Waals surface area contributed by atoms with E-state index < -0.39 is 11.8 Å². The Morgan fingerprint density at radius 1 is 1.00 bits per heavy atom. The number of hydrogen-bond donors (Lipinski definition) is 1. The van der Waals surface area contributed by atoms with E-state index in [1.165, 1.54) is 18.1 Å². The van der Waals surface area contributed by atoms with Crippen LogP contribution in [0.4, 0.5) is 5.69 Å². The number of anilines is 1. The van der Waals surface area contributed by atoms with Crippen LogP contribution >= 0.6 is 47.0 Å². The van der Waals surface area contributed by atoms with Gasteiger partial charge in [-0.25, -0.2) is 0 Å². The lowest BCUT2D eigenvalue weighted by Gasteiger charge is -2.29. The van der Waals surface area contributed by atoms with Gasteiger partial charge in [0.2, 0.25) is 0 Å². The van der Waals surface area contributed by atoms with Crippen LogP contribution in [0.3, 0.4) is 0 Å². The molecule has 0 unspecified atom stereocenters. The number of hydrogen-bond acceptors (Lipinski definition) is 5. The number of ether oxygens (including phenoxy) is 2. The molecule has 1 saturated heterocycles. The number of rotatable bonds is 6. The summed E-state index contributed by atoms with van der Waals surface area (Å²) in [6, 6.07) is 15.5. The molecule has 1 N–H and O–H groups in total. The first-order valence-electron chi connectivity index (χ1n) is 10.6. The summed E-state index contributed by atoms with van der Waals surface area (Å²) in [7, 11) is 1.47. The van der Waals surface area contributed by atoms with Gasteiger partial charge >= 0.3 is 0 Å². The maximum atomic E-state index is 13.3. The predicted molar refractivity (Wildman–Crippen MR) is 146 cm³/mol. The van der Waals surface area contributed by atoms with Gasteiger partial charge in [-0.3, -0.25) is 19.8 Å². The van der Waals surface area contributed by atoms with Crippen molar-refractivity contribution >= 4 is 75.7 Å². The van der Waals surface area contributed by atoms with Crippen LogP contribution in [0.15, 0.2) is 60.2 Å². The summed E-state index contributed by atoms with van der Waals surface area (Å²) < 4.78 is 11.3. The van der Waals surface area contributed by atoms with Gasteiger partial charge in [0, 0.05) is 10.0 Å². The number of carbonyl (C=O) groups excluding carboxylic acids is 2. The first-order valence-corrected chi connectivity index (χ1v) is 12.1. The number of nitrogens with one attached hydrogen (secondary N) is 1. The number of amides is 2. The van der Waals surface area contributed by atoms with Crippen LogP contribution in [0, 0.1) is 6.92 Å². The molecule has 1 aliphatic rings. The first kappa shape index (κ1) is 26.0. The van der Waals surface area contributed by atoms with Crippen molar-refractivity contribution in [1.82, 2.24) is 5.32 Å². The van der Waals surface area contributed by atoms with Crippen LogP contribution in [-0.2, 0) is 16.2 Å². The van der Waals surface area contributed by atoms with Gasteiger partial charge in [-0.1, -0.05) is 53.0 Å². The largest absolute Gasteiger partial charge is 0.493 e. The van der Waals surface area contributed by atoms with E-state index in [2.05, 4.69) is 5.32 Å². The normalized spacial score (nSPS) is 14.8. The van der Waals surface area contributed by atoms with E-state index in [0.29, 0.717) is 32.8 Å². The van der Waals surface area contributed by atoms with Crippen LogP contribution in [0.2, 0.25) is 15.1 Å². The molecule has 0 bridgehead atoms. The molecule has 1 fully saturated rings. The van der Waals surface area contributed by atoms with Gasteiger partial charge in [0.15, 0.2) is 16.6 Å². The molecule has 0 aromatic heterocycles. The van der Waals surface area contributed by atoms with Crippen LogP contribution in [-0.4, -0.2) is 24.0 Å². The molecule has 2 amide bonds. The number of nitrogens with zero attached hydrogens (tertiary/aromatic N) is 1. The SMILES string of the molecule is COc1cc(/C=C2\C(=O)NC(=S)N(c3ccc(C)c(Cl)c3)C2=O)cc(Cl)c1OCc1ccc(Cl)cc1. The van der Waals surface area contributed by atoms with E-state index in [1.807, 2.05) is 19.1 Å². The molecule has 1 heterocycles. The zero-order valence-corrected chi connectivity index (χ0v) is 22.2. The predicted octanol–water partition coefficient (Wildman–Crippen LogP) is 6.37. The van der Waals surface area contributed by atoms with Crippen molar-refractivity contribution in [2.24, 2.45) is 0 Å². The summed E-state index contributed by atoms with van der Waals surface area (Å²) in [5.74, 6) is -0.558. The summed E-state index contributed by atoms with van der Waals surface area (Å²) in [6.45, 7) is 2.08. The average molecular weight is 562 g/mol. The van der Waals surface area contributed by atoms with Crippen molar-refractivity contribution in [3.63, 3.8) is 0 Å². The van der Waals surface area contributed by atoms with Crippen LogP contribution < -0.4 is 19.7 Å². The average Bonchev–Trinajstić information content (AvgIpc) is 2.84. The topological polar surface area (TPSA) is 67.9 Å². The van der Waals surface area contributed by atoms with Gasteiger partial charge < -0.3 is 9.47 Å². The quantitative estimate of drug-likeness (QED) is 0.215. The number of methoxy groups -OCH3 is 1. The second-order valence-electron chi connectivity index (χ2n) is 7.84. The Bertz CT molecular complexity index is 1410. The lowest BCUT2D eigenvalue weighted by molar-refractivity contribution is -0.122. The third kappa shape index (κ3) is 5.50. The molecule has 3 aromatic rings. The zero-order valence-electron chi connectivity index (χ0n) is 19.1. The number of carbonyl (C=O) groups is 2. The smallest absolute Gasteiger partial charge is 0.270 e. The molecule has 184 valence electrons. The van der Waals surface area contributed by atoms with Crippen molar-refractivity contribution in [2.75, 3.05) is 12.0 Å². The Hall–Kier alpha value is -3.10. The molecule has 4 rings (SSSR count). The summed E-state index contributed by atoms with van der Waals surface area (Å²) in [5.41, 5.74) is 2.50. The molecule has 0 atom stereocenters. The van der Waals surface area contributed by atoms with E-state index in [-0.39, 0.29) is 22.3 Å². The fourth-order valence-electron chi connectivity index (χ4n) is 3.48. The third-order valence-electron chi connectivity index (χ3n) is 5.37. The van der Waals surface area contributed by atoms with Crippen molar-refractivity contribution in [2.45, 2.75) is 13.5 Å². The maximum absolute atomic E-state index is 13.3. The molecular weight excluding hydrogens is 543 g/mol. The highest BCUT2D eigenvalue weighted by Gasteiger charge is 2.34. The molecule has 10 heteroatoms. The number of halogens is 3. The fraction of sp³-hybridized carbons (Fsp3) is 0.115. The van der Waals surface area contributed by atoms with Gasteiger partial charge in [-0.05, 0) is 78.3 Å². The molecule has 0 spiro atoms. The highest BCUT2D eigenvalue weighted by atomic mass is 35.5. The summed E-state index contributed by atoms with van der Waals surface area (Å²) in [6.07, 6.45) is 1.42. The van der Waals surface area contributed by atoms with Gasteiger partial charge in [0.25, 0.3) is 11.8 Å². The van der Waals surface area contributed by atoms with E-state index in [4.69, 9.17) is 56.5 Å². The van der Waals surface area contributed by atoms with Crippen molar-refractivity contribution < 1.29 is 19.1 Å². The van der Waals surface area contributed by atoms with E-state index in [1.54, 1.807) is 42.5 Å². The van der Waals surface area contributed by atoms with E-state index in [9.17, 15) is 9.59 Å². The fourth-order valence-corrected chi connectivity index (χ4v) is 4.33. The number of benzene rings is 3. The van der Waals surface area contributed by atoms with Crippen molar-refractivity contribution in [1.29, 1.82) is 0 Å². The first-order chi connectivity index (χ1) is 17.2. The van der Waals surface area contributed by atoms with E-state index >= 15 is 0 Å². The van der Waals surface area contributed by atoms with Crippen LogP contribution in [0.5, 0.6) is 11.5 Å². The van der Waals surface area contributed by atoms with Crippen LogP contribution in [0.25, 0.3) is 6.08 Å². The van der Waals surface area contributed by atoms with Gasteiger partial charge in [0.1, 0.15) is 12.2 Å². The van der Waals surface area contributed by atoms with Crippen molar-refractivity contribution in [3.05, 3.63) is 91.9 Å².